The molecule has 2 aromatic carbocycles. The monoisotopic (exact) mass is 491 g/mol. The smallest absolute Gasteiger partial charge is 0.287 e. The Bertz CT molecular complexity index is 1290. The second kappa shape index (κ2) is 10.3. The van der Waals surface area contributed by atoms with Crippen LogP contribution in [0.4, 0.5) is 0 Å². The zero-order chi connectivity index (χ0) is 24.2. The van der Waals surface area contributed by atoms with Gasteiger partial charge in [0.15, 0.2) is 11.6 Å². The lowest BCUT2D eigenvalue weighted by Crippen LogP contribution is -2.30. The first-order valence-electron chi connectivity index (χ1n) is 11.6. The third-order valence-corrected chi connectivity index (χ3v) is 6.23. The van der Waals surface area contributed by atoms with Gasteiger partial charge in [0, 0.05) is 37.6 Å². The highest BCUT2D eigenvalue weighted by Crippen LogP contribution is 2.25. The van der Waals surface area contributed by atoms with Crippen LogP contribution in [0.3, 0.4) is 0 Å². The topological polar surface area (TPSA) is 85.4 Å². The predicted octanol–water partition coefficient (Wildman–Crippen LogP) is 4.87. The number of carbonyl (C=O) groups excluding carboxylic acids is 1. The summed E-state index contributed by atoms with van der Waals surface area (Å²) in [6, 6.07) is 18.5. The number of aromatic nitrogens is 3. The molecule has 0 aliphatic carbocycles. The zero-order valence-electron chi connectivity index (χ0n) is 19.4. The van der Waals surface area contributed by atoms with Crippen LogP contribution in [0, 0.1) is 0 Å². The Hall–Kier alpha value is -3.62. The van der Waals surface area contributed by atoms with Gasteiger partial charge in [-0.2, -0.15) is 0 Å². The fraction of sp³-hybridized carbons (Fsp3) is 0.269. The van der Waals surface area contributed by atoms with Gasteiger partial charge in [-0.05, 0) is 61.0 Å². The first kappa shape index (κ1) is 23.1. The lowest BCUT2D eigenvalue weighted by Gasteiger charge is -2.20. The van der Waals surface area contributed by atoms with Crippen LogP contribution in [0.1, 0.15) is 40.7 Å². The van der Waals surface area contributed by atoms with Crippen LogP contribution in [-0.4, -0.2) is 38.7 Å². The van der Waals surface area contributed by atoms with Crippen molar-refractivity contribution in [3.05, 3.63) is 94.9 Å². The maximum atomic E-state index is 12.4. The number of benzene rings is 2. The Balaban J connectivity index is 1.21. The van der Waals surface area contributed by atoms with Gasteiger partial charge in [0.1, 0.15) is 17.3 Å². The molecular weight excluding hydrogens is 466 g/mol. The van der Waals surface area contributed by atoms with Crippen molar-refractivity contribution in [2.75, 3.05) is 13.1 Å². The third-order valence-electron chi connectivity index (χ3n) is 5.98. The highest BCUT2D eigenvalue weighted by atomic mass is 35.5. The van der Waals surface area contributed by atoms with Gasteiger partial charge < -0.3 is 19.0 Å². The molecule has 1 N–H and O–H groups in total. The van der Waals surface area contributed by atoms with Gasteiger partial charge in [-0.3, -0.25) is 9.69 Å². The Morgan fingerprint density at radius 1 is 1.09 bits per heavy atom. The number of halogens is 1. The van der Waals surface area contributed by atoms with Crippen LogP contribution in [-0.2, 0) is 19.5 Å². The molecule has 0 radical (unpaired) electrons. The molecule has 0 saturated carbocycles. The van der Waals surface area contributed by atoms with Crippen LogP contribution in [0.5, 0.6) is 11.5 Å². The summed E-state index contributed by atoms with van der Waals surface area (Å²) in [6.07, 6.45) is 2.27. The molecule has 0 saturated heterocycles. The van der Waals surface area contributed by atoms with Gasteiger partial charge in [-0.15, -0.1) is 10.2 Å². The summed E-state index contributed by atoms with van der Waals surface area (Å²) < 4.78 is 13.3. The Morgan fingerprint density at radius 3 is 2.74 bits per heavy atom. The standard InChI is InChI=1S/C26H26ClN5O3/c1-18(28-26(33)23-6-3-15-34-23)25-30-29-24-11-12-31(13-14-32(24)25)17-19-4-2-5-22(16-19)35-21-9-7-20(27)8-10-21/h2-10,15-16,18H,11-14,17H2,1H3,(H,28,33). The Kier molecular flexibility index (Phi) is 6.83. The van der Waals surface area contributed by atoms with Gasteiger partial charge in [0.25, 0.3) is 5.91 Å². The molecule has 1 atom stereocenters. The van der Waals surface area contributed by atoms with Gasteiger partial charge in [-0.25, -0.2) is 0 Å². The Morgan fingerprint density at radius 2 is 1.94 bits per heavy atom. The number of nitrogens with one attached hydrogen (secondary N) is 1. The van der Waals surface area contributed by atoms with Crippen molar-refractivity contribution in [2.24, 2.45) is 0 Å². The van der Waals surface area contributed by atoms with E-state index >= 15 is 0 Å². The molecule has 2 aromatic heterocycles. The van der Waals surface area contributed by atoms with E-state index in [-0.39, 0.29) is 17.7 Å². The average Bonchev–Trinajstić information content (AvgIpc) is 3.49. The number of hydrogen-bond acceptors (Lipinski definition) is 6. The highest BCUT2D eigenvalue weighted by Gasteiger charge is 2.23. The van der Waals surface area contributed by atoms with E-state index in [4.69, 9.17) is 20.8 Å². The molecule has 0 spiro atoms. The van der Waals surface area contributed by atoms with Crippen molar-refractivity contribution < 1.29 is 13.9 Å². The lowest BCUT2D eigenvalue weighted by molar-refractivity contribution is 0.0909. The summed E-state index contributed by atoms with van der Waals surface area (Å²) >= 11 is 5.96. The highest BCUT2D eigenvalue weighted by molar-refractivity contribution is 6.30. The fourth-order valence-corrected chi connectivity index (χ4v) is 4.34. The van der Waals surface area contributed by atoms with E-state index in [0.717, 1.165) is 55.7 Å². The molecule has 1 amide bonds. The minimum atomic E-state index is -0.290. The molecule has 8 nitrogen and oxygen atoms in total. The fourth-order valence-electron chi connectivity index (χ4n) is 4.21. The first-order chi connectivity index (χ1) is 17.0. The van der Waals surface area contributed by atoms with E-state index in [2.05, 4.69) is 37.1 Å². The molecular formula is C26H26ClN5O3. The number of hydrogen-bond donors (Lipinski definition) is 1. The summed E-state index contributed by atoms with van der Waals surface area (Å²) in [5.74, 6) is 3.23. The van der Waals surface area contributed by atoms with E-state index in [1.807, 2.05) is 43.3 Å². The number of furan rings is 1. The molecule has 1 aliphatic rings. The van der Waals surface area contributed by atoms with Crippen molar-refractivity contribution in [3.8, 4) is 11.5 Å². The molecule has 35 heavy (non-hydrogen) atoms. The van der Waals surface area contributed by atoms with Crippen LogP contribution in [0.15, 0.2) is 71.3 Å². The molecule has 3 heterocycles. The van der Waals surface area contributed by atoms with E-state index in [1.54, 1.807) is 12.1 Å². The van der Waals surface area contributed by atoms with E-state index < -0.39 is 0 Å². The maximum absolute atomic E-state index is 12.4. The summed E-state index contributed by atoms with van der Waals surface area (Å²) in [6.45, 7) is 5.18. The van der Waals surface area contributed by atoms with Crippen molar-refractivity contribution in [3.63, 3.8) is 0 Å². The number of amides is 1. The average molecular weight is 492 g/mol. The van der Waals surface area contributed by atoms with E-state index in [1.165, 1.54) is 11.8 Å². The van der Waals surface area contributed by atoms with Gasteiger partial charge >= 0.3 is 0 Å². The SMILES string of the molecule is CC(NC(=O)c1ccco1)c1nnc2n1CCN(Cc1cccc(Oc3ccc(Cl)cc3)c1)CC2. The molecule has 9 heteroatoms. The molecule has 0 bridgehead atoms. The summed E-state index contributed by atoms with van der Waals surface area (Å²) in [4.78, 5) is 14.8. The normalized spacial score (nSPS) is 14.7. The number of rotatable bonds is 7. The minimum Gasteiger partial charge on any atom is -0.459 e. The number of ether oxygens (including phenoxy) is 1. The van der Waals surface area contributed by atoms with Crippen LogP contribution >= 0.6 is 11.6 Å². The van der Waals surface area contributed by atoms with Gasteiger partial charge in [-0.1, -0.05) is 23.7 Å². The third kappa shape index (κ3) is 5.55. The largest absolute Gasteiger partial charge is 0.459 e. The van der Waals surface area contributed by atoms with Gasteiger partial charge in [0.2, 0.25) is 0 Å². The summed E-state index contributed by atoms with van der Waals surface area (Å²) in [5, 5.41) is 12.4. The summed E-state index contributed by atoms with van der Waals surface area (Å²) in [5.41, 5.74) is 1.17. The summed E-state index contributed by atoms with van der Waals surface area (Å²) in [7, 11) is 0. The Labute approximate surface area is 208 Å². The van der Waals surface area contributed by atoms with Crippen molar-refractivity contribution in [2.45, 2.75) is 32.5 Å². The van der Waals surface area contributed by atoms with E-state index in [9.17, 15) is 4.79 Å². The number of nitrogens with zero attached hydrogens (tertiary/aromatic N) is 4. The van der Waals surface area contributed by atoms with Crippen LogP contribution in [0.25, 0.3) is 0 Å². The quantitative estimate of drug-likeness (QED) is 0.397. The first-order valence-corrected chi connectivity index (χ1v) is 11.9. The van der Waals surface area contributed by atoms with Crippen LogP contribution in [0.2, 0.25) is 5.02 Å². The van der Waals surface area contributed by atoms with Crippen molar-refractivity contribution >= 4 is 17.5 Å². The molecule has 5 rings (SSSR count). The minimum absolute atomic E-state index is 0.268. The molecule has 1 unspecified atom stereocenters. The number of carbonyl (C=O) groups is 1. The zero-order valence-corrected chi connectivity index (χ0v) is 20.1. The van der Waals surface area contributed by atoms with Gasteiger partial charge in [0.05, 0.1) is 12.3 Å². The van der Waals surface area contributed by atoms with Crippen molar-refractivity contribution in [1.29, 1.82) is 0 Å². The van der Waals surface area contributed by atoms with Crippen molar-refractivity contribution in [1.82, 2.24) is 25.0 Å². The number of fused-ring (bicyclic) bond motifs is 1. The predicted molar refractivity (Wildman–Crippen MR) is 132 cm³/mol. The van der Waals surface area contributed by atoms with Crippen LogP contribution < -0.4 is 10.1 Å². The van der Waals surface area contributed by atoms with E-state index in [0.29, 0.717) is 5.02 Å². The lowest BCUT2D eigenvalue weighted by atomic mass is 10.2. The molecule has 180 valence electrons. The second-order valence-corrected chi connectivity index (χ2v) is 8.96. The maximum Gasteiger partial charge on any atom is 0.287 e. The second-order valence-electron chi connectivity index (χ2n) is 8.53. The molecule has 0 fully saturated rings. The molecule has 4 aromatic rings. The molecule has 1 aliphatic heterocycles.